The molecule has 21 heavy (non-hydrogen) atoms. The molecule has 2 aromatic rings. The fraction of sp³-hybridized carbons (Fsp3) is 0.133. The van der Waals surface area contributed by atoms with E-state index in [4.69, 9.17) is 25.8 Å². The first-order chi connectivity index (χ1) is 10.1. The van der Waals surface area contributed by atoms with Crippen molar-refractivity contribution in [2.45, 2.75) is 6.61 Å². The second-order valence-corrected chi connectivity index (χ2v) is 4.77. The molecule has 0 saturated carbocycles. The first-order valence-electron chi connectivity index (χ1n) is 6.15. The summed E-state index contributed by atoms with van der Waals surface area (Å²) in [6.45, 7) is 0.156. The smallest absolute Gasteiger partial charge is 0.342 e. The molecule has 1 heterocycles. The molecular formula is C15H10ClFO4. The SMILES string of the molecule is O=C(OCc1ccc2c(c1)OCO2)c1c(F)cccc1Cl. The summed E-state index contributed by atoms with van der Waals surface area (Å²) in [4.78, 5) is 11.9. The third-order valence-corrected chi connectivity index (χ3v) is 3.29. The zero-order chi connectivity index (χ0) is 14.8. The number of esters is 1. The Bertz CT molecular complexity index is 682. The summed E-state index contributed by atoms with van der Waals surface area (Å²) < 4.78 is 29.1. The van der Waals surface area contributed by atoms with E-state index in [9.17, 15) is 9.18 Å². The molecule has 0 saturated heterocycles. The van der Waals surface area contributed by atoms with Gasteiger partial charge in [-0.1, -0.05) is 23.7 Å². The van der Waals surface area contributed by atoms with Crippen molar-refractivity contribution in [1.29, 1.82) is 0 Å². The molecule has 0 aliphatic carbocycles. The Morgan fingerprint density at radius 2 is 2.05 bits per heavy atom. The molecule has 0 unspecified atom stereocenters. The van der Waals surface area contributed by atoms with Gasteiger partial charge in [-0.15, -0.1) is 0 Å². The fourth-order valence-electron chi connectivity index (χ4n) is 1.94. The summed E-state index contributed by atoms with van der Waals surface area (Å²) in [6, 6.07) is 9.18. The topological polar surface area (TPSA) is 44.8 Å². The van der Waals surface area contributed by atoms with E-state index in [1.54, 1.807) is 18.2 Å². The lowest BCUT2D eigenvalue weighted by atomic mass is 10.2. The van der Waals surface area contributed by atoms with Crippen LogP contribution in [0.2, 0.25) is 5.02 Å². The molecule has 6 heteroatoms. The summed E-state index contributed by atoms with van der Waals surface area (Å²) in [5.41, 5.74) is 0.444. The Labute approximate surface area is 125 Å². The van der Waals surface area contributed by atoms with Crippen LogP contribution in [0.15, 0.2) is 36.4 Å². The minimum absolute atomic E-state index is 0.0138. The van der Waals surface area contributed by atoms with Crippen LogP contribution in [-0.4, -0.2) is 12.8 Å². The molecule has 4 nitrogen and oxygen atoms in total. The quantitative estimate of drug-likeness (QED) is 0.813. The number of rotatable bonds is 3. The van der Waals surface area contributed by atoms with Crippen LogP contribution in [0.4, 0.5) is 4.39 Å². The number of fused-ring (bicyclic) bond motifs is 1. The molecule has 0 bridgehead atoms. The molecule has 0 N–H and O–H groups in total. The molecule has 1 aliphatic rings. The van der Waals surface area contributed by atoms with Crippen molar-refractivity contribution in [3.8, 4) is 11.5 Å². The Morgan fingerprint density at radius 1 is 1.24 bits per heavy atom. The fourth-order valence-corrected chi connectivity index (χ4v) is 2.18. The van der Waals surface area contributed by atoms with Crippen molar-refractivity contribution in [3.05, 3.63) is 58.4 Å². The first kappa shape index (κ1) is 13.7. The maximum atomic E-state index is 13.6. The second kappa shape index (κ2) is 5.61. The van der Waals surface area contributed by atoms with Crippen molar-refractivity contribution < 1.29 is 23.4 Å². The van der Waals surface area contributed by atoms with Gasteiger partial charge in [0, 0.05) is 0 Å². The van der Waals surface area contributed by atoms with Gasteiger partial charge in [-0.05, 0) is 29.8 Å². The van der Waals surface area contributed by atoms with Gasteiger partial charge in [-0.25, -0.2) is 9.18 Å². The Balaban J connectivity index is 1.71. The number of benzene rings is 2. The minimum atomic E-state index is -0.809. The van der Waals surface area contributed by atoms with Crippen LogP contribution in [0, 0.1) is 5.82 Å². The minimum Gasteiger partial charge on any atom is -0.457 e. The van der Waals surface area contributed by atoms with Crippen molar-refractivity contribution in [2.75, 3.05) is 6.79 Å². The van der Waals surface area contributed by atoms with Crippen LogP contribution in [0.25, 0.3) is 0 Å². The molecule has 2 aromatic carbocycles. The van der Waals surface area contributed by atoms with Gasteiger partial charge in [0.2, 0.25) is 6.79 Å². The van der Waals surface area contributed by atoms with Crippen LogP contribution in [0.3, 0.4) is 0 Å². The van der Waals surface area contributed by atoms with Crippen molar-refractivity contribution >= 4 is 17.6 Å². The predicted molar refractivity (Wildman–Crippen MR) is 73.1 cm³/mol. The molecular weight excluding hydrogens is 299 g/mol. The summed E-state index contributed by atoms with van der Waals surface area (Å²) >= 11 is 5.81. The van der Waals surface area contributed by atoms with Gasteiger partial charge < -0.3 is 14.2 Å². The first-order valence-corrected chi connectivity index (χ1v) is 6.52. The molecule has 0 amide bonds. The molecule has 3 rings (SSSR count). The summed E-state index contributed by atoms with van der Waals surface area (Å²) in [5.74, 6) is -0.288. The highest BCUT2D eigenvalue weighted by molar-refractivity contribution is 6.33. The highest BCUT2D eigenvalue weighted by atomic mass is 35.5. The Morgan fingerprint density at radius 3 is 2.86 bits per heavy atom. The van der Waals surface area contributed by atoms with E-state index in [-0.39, 0.29) is 24.0 Å². The number of hydrogen-bond acceptors (Lipinski definition) is 4. The van der Waals surface area contributed by atoms with E-state index >= 15 is 0 Å². The maximum Gasteiger partial charge on any atom is 0.342 e. The van der Waals surface area contributed by atoms with E-state index in [0.29, 0.717) is 17.1 Å². The molecule has 0 spiro atoms. The third-order valence-electron chi connectivity index (χ3n) is 2.97. The number of carbonyl (C=O) groups excluding carboxylic acids is 1. The standard InChI is InChI=1S/C15H10ClFO4/c16-10-2-1-3-11(17)14(10)15(18)19-7-9-4-5-12-13(6-9)21-8-20-12/h1-6H,7-8H2. The lowest BCUT2D eigenvalue weighted by Crippen LogP contribution is -2.08. The molecule has 108 valence electrons. The van der Waals surface area contributed by atoms with E-state index < -0.39 is 11.8 Å². The third kappa shape index (κ3) is 2.78. The Kier molecular flexibility index (Phi) is 3.66. The second-order valence-electron chi connectivity index (χ2n) is 4.36. The van der Waals surface area contributed by atoms with Crippen molar-refractivity contribution in [1.82, 2.24) is 0 Å². The molecule has 0 radical (unpaired) electrons. The van der Waals surface area contributed by atoms with Crippen LogP contribution >= 0.6 is 11.6 Å². The largest absolute Gasteiger partial charge is 0.457 e. The van der Waals surface area contributed by atoms with E-state index in [1.807, 2.05) is 0 Å². The lowest BCUT2D eigenvalue weighted by Gasteiger charge is -2.07. The molecule has 0 fully saturated rings. The van der Waals surface area contributed by atoms with Crippen LogP contribution in [-0.2, 0) is 11.3 Å². The zero-order valence-electron chi connectivity index (χ0n) is 10.8. The molecule has 0 atom stereocenters. The van der Waals surface area contributed by atoms with Gasteiger partial charge in [-0.2, -0.15) is 0 Å². The summed E-state index contributed by atoms with van der Waals surface area (Å²) in [5, 5.41) is 0.0192. The van der Waals surface area contributed by atoms with Gasteiger partial charge in [0.05, 0.1) is 5.02 Å². The average Bonchev–Trinajstić information content (AvgIpc) is 2.92. The van der Waals surface area contributed by atoms with Crippen LogP contribution in [0.1, 0.15) is 15.9 Å². The van der Waals surface area contributed by atoms with Crippen LogP contribution in [0.5, 0.6) is 11.5 Å². The van der Waals surface area contributed by atoms with E-state index in [0.717, 1.165) is 6.07 Å². The van der Waals surface area contributed by atoms with E-state index in [1.165, 1.54) is 12.1 Å². The summed E-state index contributed by atoms with van der Waals surface area (Å²) in [7, 11) is 0. The highest BCUT2D eigenvalue weighted by Gasteiger charge is 2.18. The van der Waals surface area contributed by atoms with Crippen molar-refractivity contribution in [2.24, 2.45) is 0 Å². The van der Waals surface area contributed by atoms with Crippen LogP contribution < -0.4 is 9.47 Å². The lowest BCUT2D eigenvalue weighted by molar-refractivity contribution is 0.0467. The number of hydrogen-bond donors (Lipinski definition) is 0. The number of ether oxygens (including phenoxy) is 3. The predicted octanol–water partition coefficient (Wildman–Crippen LogP) is 3.56. The average molecular weight is 309 g/mol. The Hall–Kier alpha value is -2.27. The van der Waals surface area contributed by atoms with Gasteiger partial charge >= 0.3 is 5.97 Å². The highest BCUT2D eigenvalue weighted by Crippen LogP contribution is 2.32. The molecule has 0 aromatic heterocycles. The van der Waals surface area contributed by atoms with Gasteiger partial charge in [0.25, 0.3) is 0 Å². The number of carbonyl (C=O) groups is 1. The van der Waals surface area contributed by atoms with Gasteiger partial charge in [0.1, 0.15) is 18.0 Å². The zero-order valence-corrected chi connectivity index (χ0v) is 11.5. The normalized spacial score (nSPS) is 12.3. The number of halogens is 2. The summed E-state index contributed by atoms with van der Waals surface area (Å²) in [6.07, 6.45) is 0. The maximum absolute atomic E-state index is 13.6. The van der Waals surface area contributed by atoms with Crippen molar-refractivity contribution in [3.63, 3.8) is 0 Å². The molecule has 1 aliphatic heterocycles. The van der Waals surface area contributed by atoms with E-state index in [2.05, 4.69) is 0 Å². The monoisotopic (exact) mass is 308 g/mol. The van der Waals surface area contributed by atoms with Gasteiger partial charge in [0.15, 0.2) is 11.5 Å². The van der Waals surface area contributed by atoms with Gasteiger partial charge in [-0.3, -0.25) is 0 Å².